The fraction of sp³-hybridized carbons (Fsp3) is 0.143. The van der Waals surface area contributed by atoms with Gasteiger partial charge in [0.05, 0.1) is 5.02 Å². The molecule has 0 aliphatic heterocycles. The van der Waals surface area contributed by atoms with E-state index in [4.69, 9.17) is 17.3 Å². The smallest absolute Gasteiger partial charge is 0.361 e. The highest BCUT2D eigenvalue weighted by molar-refractivity contribution is 6.31. The van der Waals surface area contributed by atoms with Crippen molar-refractivity contribution in [3.05, 3.63) is 28.8 Å². The Bertz CT molecular complexity index is 332. The van der Waals surface area contributed by atoms with Gasteiger partial charge in [0.25, 0.3) is 0 Å². The van der Waals surface area contributed by atoms with E-state index in [1.807, 2.05) is 0 Å². The van der Waals surface area contributed by atoms with Crippen LogP contribution in [0.4, 0.5) is 4.39 Å². The molecule has 0 saturated carbocycles. The van der Waals surface area contributed by atoms with Crippen molar-refractivity contribution in [3.63, 3.8) is 0 Å². The van der Waals surface area contributed by atoms with Gasteiger partial charge in [0.15, 0.2) is 11.5 Å². The summed E-state index contributed by atoms with van der Waals surface area (Å²) in [5, 5.41) is -0.182. The molecule has 1 rings (SSSR count). The lowest BCUT2D eigenvalue weighted by Crippen LogP contribution is -2.15. The molecule has 4 nitrogen and oxygen atoms in total. The highest BCUT2D eigenvalue weighted by atomic mass is 35.5. The Morgan fingerprint density at radius 2 is 2.46 bits per heavy atom. The van der Waals surface area contributed by atoms with Crippen molar-refractivity contribution in [2.24, 2.45) is 5.73 Å². The molecule has 2 N–H and O–H groups in total. The van der Waals surface area contributed by atoms with Gasteiger partial charge in [-0.25, -0.2) is 14.2 Å². The molecule has 1 aromatic heterocycles. The van der Waals surface area contributed by atoms with E-state index in [9.17, 15) is 9.18 Å². The molecule has 0 atom stereocenters. The summed E-state index contributed by atoms with van der Waals surface area (Å²) in [4.78, 5) is 14.4. The summed E-state index contributed by atoms with van der Waals surface area (Å²) in [7, 11) is 0. The predicted octanol–water partition coefficient (Wildman–Crippen LogP) is 0.947. The predicted molar refractivity (Wildman–Crippen MR) is 43.7 cm³/mol. The number of nitrogens with two attached hydrogens (primary N) is 1. The van der Waals surface area contributed by atoms with Crippen LogP contribution in [0.15, 0.2) is 12.3 Å². The quantitative estimate of drug-likeness (QED) is 0.575. The lowest BCUT2D eigenvalue weighted by atomic mass is 10.3. The van der Waals surface area contributed by atoms with Gasteiger partial charge in [0.2, 0.25) is 0 Å². The number of carbonyl (C=O) groups excluding carboxylic acids is 1. The van der Waals surface area contributed by atoms with Gasteiger partial charge in [0.1, 0.15) is 6.73 Å². The van der Waals surface area contributed by atoms with Gasteiger partial charge in [-0.1, -0.05) is 11.6 Å². The number of hydrogen-bond acceptors (Lipinski definition) is 4. The maximum Gasteiger partial charge on any atom is 0.361 e. The first-order valence-corrected chi connectivity index (χ1v) is 3.71. The number of ether oxygens (including phenoxy) is 1. The van der Waals surface area contributed by atoms with Crippen LogP contribution in [0.5, 0.6) is 0 Å². The maximum atomic E-state index is 13.0. The van der Waals surface area contributed by atoms with Crippen LogP contribution in [0.1, 0.15) is 10.5 Å². The molecule has 0 bridgehead atoms. The van der Waals surface area contributed by atoms with Crippen LogP contribution in [0.25, 0.3) is 0 Å². The summed E-state index contributed by atoms with van der Waals surface area (Å²) in [6.45, 7) is -0.327. The number of esters is 1. The fourth-order valence-corrected chi connectivity index (χ4v) is 0.852. The van der Waals surface area contributed by atoms with Gasteiger partial charge >= 0.3 is 5.97 Å². The second-order valence-electron chi connectivity index (χ2n) is 2.05. The first-order valence-electron chi connectivity index (χ1n) is 3.34. The Morgan fingerprint density at radius 3 is 3.08 bits per heavy atom. The lowest BCUT2D eigenvalue weighted by molar-refractivity contribution is 0.0502. The number of halogens is 2. The normalized spacial score (nSPS) is 9.77. The Morgan fingerprint density at radius 1 is 1.77 bits per heavy atom. The van der Waals surface area contributed by atoms with Gasteiger partial charge in [-0.05, 0) is 6.07 Å². The van der Waals surface area contributed by atoms with Crippen LogP contribution < -0.4 is 5.73 Å². The minimum absolute atomic E-state index is 0.182. The zero-order chi connectivity index (χ0) is 9.84. The highest BCUT2D eigenvalue weighted by Gasteiger charge is 2.16. The summed E-state index contributed by atoms with van der Waals surface area (Å²) in [5.74, 6) is -1.83. The van der Waals surface area contributed by atoms with E-state index in [0.717, 1.165) is 0 Å². The Balaban J connectivity index is 3.01. The molecule has 0 aliphatic rings. The van der Waals surface area contributed by atoms with Crippen molar-refractivity contribution < 1.29 is 13.9 Å². The van der Waals surface area contributed by atoms with E-state index in [-0.39, 0.29) is 11.8 Å². The SMILES string of the molecule is NCOC(=O)c1nccc(Cl)c1F. The minimum atomic E-state index is -0.928. The average Bonchev–Trinajstić information content (AvgIpc) is 2.10. The molecule has 0 amide bonds. The van der Waals surface area contributed by atoms with E-state index in [2.05, 4.69) is 9.72 Å². The summed E-state index contributed by atoms with van der Waals surface area (Å²) >= 11 is 5.40. The highest BCUT2D eigenvalue weighted by Crippen LogP contribution is 2.15. The number of aromatic nitrogens is 1. The molecular weight excluding hydrogens is 199 g/mol. The molecule has 0 radical (unpaired) electrons. The van der Waals surface area contributed by atoms with Crippen molar-refractivity contribution in [2.45, 2.75) is 0 Å². The third-order valence-electron chi connectivity index (χ3n) is 1.25. The number of hydrogen-bond donors (Lipinski definition) is 1. The first kappa shape index (κ1) is 9.88. The van der Waals surface area contributed by atoms with Crippen LogP contribution in [0.2, 0.25) is 5.02 Å². The molecule has 0 aliphatic carbocycles. The molecule has 1 heterocycles. The number of nitrogens with zero attached hydrogens (tertiary/aromatic N) is 1. The van der Waals surface area contributed by atoms with Crippen molar-refractivity contribution in [1.29, 1.82) is 0 Å². The summed E-state index contributed by atoms with van der Waals surface area (Å²) in [6, 6.07) is 1.23. The Hall–Kier alpha value is -1.20. The molecule has 13 heavy (non-hydrogen) atoms. The van der Waals surface area contributed by atoms with Crippen molar-refractivity contribution in [1.82, 2.24) is 4.98 Å². The third kappa shape index (κ3) is 2.13. The second kappa shape index (κ2) is 4.15. The molecule has 1 aromatic rings. The van der Waals surface area contributed by atoms with E-state index in [1.165, 1.54) is 12.3 Å². The lowest BCUT2D eigenvalue weighted by Gasteiger charge is -2.01. The van der Waals surface area contributed by atoms with E-state index in [0.29, 0.717) is 0 Å². The van der Waals surface area contributed by atoms with Gasteiger partial charge < -0.3 is 4.74 Å². The van der Waals surface area contributed by atoms with Crippen molar-refractivity contribution in [2.75, 3.05) is 6.73 Å². The standard InChI is InChI=1S/C7H6ClFN2O2/c8-4-1-2-11-6(5(4)9)7(12)13-3-10/h1-2H,3,10H2. The molecule has 6 heteroatoms. The van der Waals surface area contributed by atoms with E-state index >= 15 is 0 Å². The Labute approximate surface area is 78.5 Å². The zero-order valence-electron chi connectivity index (χ0n) is 6.46. The molecular formula is C7H6ClFN2O2. The topological polar surface area (TPSA) is 65.2 Å². The van der Waals surface area contributed by atoms with Gasteiger partial charge in [-0.3, -0.25) is 5.73 Å². The summed E-state index contributed by atoms with van der Waals surface area (Å²) in [6.07, 6.45) is 1.21. The molecule has 0 fully saturated rings. The average molecular weight is 205 g/mol. The first-order chi connectivity index (χ1) is 6.16. The van der Waals surface area contributed by atoms with Crippen LogP contribution in [-0.2, 0) is 4.74 Å². The zero-order valence-corrected chi connectivity index (χ0v) is 7.21. The summed E-state index contributed by atoms with van der Waals surface area (Å²) in [5.41, 5.74) is 4.47. The van der Waals surface area contributed by atoms with E-state index in [1.54, 1.807) is 0 Å². The van der Waals surface area contributed by atoms with Crippen LogP contribution in [0, 0.1) is 5.82 Å². The number of pyridine rings is 1. The summed E-state index contributed by atoms with van der Waals surface area (Å²) < 4.78 is 17.4. The van der Waals surface area contributed by atoms with E-state index < -0.39 is 17.5 Å². The molecule has 0 aromatic carbocycles. The number of carbonyl (C=O) groups is 1. The second-order valence-corrected chi connectivity index (χ2v) is 2.46. The molecule has 0 saturated heterocycles. The molecule has 0 spiro atoms. The van der Waals surface area contributed by atoms with Crippen LogP contribution >= 0.6 is 11.6 Å². The van der Waals surface area contributed by atoms with Gasteiger partial charge in [-0.2, -0.15) is 0 Å². The maximum absolute atomic E-state index is 13.0. The largest absolute Gasteiger partial charge is 0.445 e. The Kier molecular flexibility index (Phi) is 3.16. The number of rotatable bonds is 2. The monoisotopic (exact) mass is 204 g/mol. The fourth-order valence-electron chi connectivity index (χ4n) is 0.707. The van der Waals surface area contributed by atoms with Gasteiger partial charge in [-0.15, -0.1) is 0 Å². The van der Waals surface area contributed by atoms with Crippen LogP contribution in [-0.4, -0.2) is 17.7 Å². The van der Waals surface area contributed by atoms with Crippen molar-refractivity contribution in [3.8, 4) is 0 Å². The van der Waals surface area contributed by atoms with Crippen molar-refractivity contribution >= 4 is 17.6 Å². The third-order valence-corrected chi connectivity index (χ3v) is 1.54. The van der Waals surface area contributed by atoms with Gasteiger partial charge in [0, 0.05) is 6.20 Å². The van der Waals surface area contributed by atoms with Crippen LogP contribution in [0.3, 0.4) is 0 Å². The minimum Gasteiger partial charge on any atom is -0.445 e. The molecule has 0 unspecified atom stereocenters. The molecule has 70 valence electrons.